The summed E-state index contributed by atoms with van der Waals surface area (Å²) in [7, 11) is 0. The molecule has 84 valence electrons. The van der Waals surface area contributed by atoms with Crippen LogP contribution in [0, 0.1) is 11.3 Å². The minimum Gasteiger partial charge on any atom is -0.294 e. The maximum Gasteiger partial charge on any atom is 0.166 e. The molecule has 0 spiro atoms. The highest BCUT2D eigenvalue weighted by molar-refractivity contribution is 6.22. The van der Waals surface area contributed by atoms with Crippen molar-refractivity contribution in [2.45, 2.75) is 47.0 Å². The molecule has 1 rings (SSSR count). The molecule has 0 radical (unpaired) electrons. The van der Waals surface area contributed by atoms with Crippen LogP contribution in [0.4, 0.5) is 0 Å². The molecule has 0 saturated heterocycles. The van der Waals surface area contributed by atoms with Crippen LogP contribution in [-0.4, -0.2) is 11.6 Å². The van der Waals surface area contributed by atoms with E-state index >= 15 is 0 Å². The fourth-order valence-electron chi connectivity index (χ4n) is 1.87. The summed E-state index contributed by atoms with van der Waals surface area (Å²) in [6.07, 6.45) is 3.81. The number of carbonyl (C=O) groups excluding carboxylic acids is 2. The smallest absolute Gasteiger partial charge is 0.166 e. The Morgan fingerprint density at radius 1 is 1.27 bits per heavy atom. The first-order chi connectivity index (χ1) is 6.85. The number of rotatable bonds is 2. The van der Waals surface area contributed by atoms with E-state index in [-0.39, 0.29) is 17.0 Å². The van der Waals surface area contributed by atoms with Gasteiger partial charge < -0.3 is 0 Å². The largest absolute Gasteiger partial charge is 0.294 e. The minimum atomic E-state index is -0.152. The average molecular weight is 208 g/mol. The lowest BCUT2D eigenvalue weighted by atomic mass is 9.73. The molecule has 1 aliphatic carbocycles. The van der Waals surface area contributed by atoms with Gasteiger partial charge in [-0.25, -0.2) is 0 Å². The van der Waals surface area contributed by atoms with Crippen molar-refractivity contribution >= 4 is 11.6 Å². The van der Waals surface area contributed by atoms with Crippen LogP contribution in [0.25, 0.3) is 0 Å². The molecule has 0 aromatic rings. The van der Waals surface area contributed by atoms with E-state index in [1.54, 1.807) is 0 Å². The third-order valence-corrected chi connectivity index (χ3v) is 2.97. The van der Waals surface area contributed by atoms with Gasteiger partial charge in [0.05, 0.1) is 5.57 Å². The summed E-state index contributed by atoms with van der Waals surface area (Å²) in [5.74, 6) is 0.363. The molecule has 1 atom stereocenters. The van der Waals surface area contributed by atoms with Crippen molar-refractivity contribution < 1.29 is 9.59 Å². The van der Waals surface area contributed by atoms with E-state index < -0.39 is 0 Å². The molecular weight excluding hydrogens is 188 g/mol. The van der Waals surface area contributed by atoms with Crippen molar-refractivity contribution in [3.63, 3.8) is 0 Å². The highest BCUT2D eigenvalue weighted by atomic mass is 16.1. The van der Waals surface area contributed by atoms with E-state index in [4.69, 9.17) is 0 Å². The van der Waals surface area contributed by atoms with Crippen LogP contribution in [0.2, 0.25) is 0 Å². The Morgan fingerprint density at radius 2 is 1.73 bits per heavy atom. The Kier molecular flexibility index (Phi) is 3.48. The van der Waals surface area contributed by atoms with Crippen LogP contribution in [0.5, 0.6) is 0 Å². The van der Waals surface area contributed by atoms with Gasteiger partial charge in [-0.05, 0) is 11.3 Å². The minimum absolute atomic E-state index is 0.0246. The molecule has 2 nitrogen and oxygen atoms in total. The number of carbonyl (C=O) groups is 2. The van der Waals surface area contributed by atoms with Crippen molar-refractivity contribution in [1.82, 2.24) is 0 Å². The number of allylic oxidation sites excluding steroid dienone is 2. The Bertz CT molecular complexity index is 288. The monoisotopic (exact) mass is 208 g/mol. The molecule has 1 saturated carbocycles. The van der Waals surface area contributed by atoms with Gasteiger partial charge in [-0.3, -0.25) is 9.59 Å². The molecular formula is C13H20O2. The zero-order chi connectivity index (χ0) is 11.6. The average Bonchev–Trinajstić information content (AvgIpc) is 2.09. The highest BCUT2D eigenvalue weighted by Gasteiger charge is 2.35. The Balaban J connectivity index is 2.89. The summed E-state index contributed by atoms with van der Waals surface area (Å²) in [4.78, 5) is 23.6. The van der Waals surface area contributed by atoms with Gasteiger partial charge in [-0.1, -0.05) is 40.2 Å². The topological polar surface area (TPSA) is 34.1 Å². The molecule has 0 N–H and O–H groups in total. The van der Waals surface area contributed by atoms with E-state index in [9.17, 15) is 9.59 Å². The Morgan fingerprint density at radius 3 is 2.13 bits per heavy atom. The first kappa shape index (κ1) is 12.2. The lowest BCUT2D eigenvalue weighted by Crippen LogP contribution is -2.31. The second-order valence-electron chi connectivity index (χ2n) is 5.33. The number of hydrogen-bond donors (Lipinski definition) is 0. The summed E-state index contributed by atoms with van der Waals surface area (Å²) in [6, 6.07) is 0. The SMILES string of the molecule is CCC(C)C=C1C(=O)CC(C)(C)CC1=O. The molecule has 0 aromatic carbocycles. The van der Waals surface area contributed by atoms with Crippen LogP contribution >= 0.6 is 0 Å². The third-order valence-electron chi connectivity index (χ3n) is 2.97. The van der Waals surface area contributed by atoms with Crippen molar-refractivity contribution in [2.75, 3.05) is 0 Å². The third kappa shape index (κ3) is 3.01. The predicted molar refractivity (Wildman–Crippen MR) is 60.6 cm³/mol. The van der Waals surface area contributed by atoms with E-state index in [1.807, 2.05) is 26.8 Å². The van der Waals surface area contributed by atoms with Crippen LogP contribution in [-0.2, 0) is 9.59 Å². The Hall–Kier alpha value is -0.920. The fraction of sp³-hybridized carbons (Fsp3) is 0.692. The highest BCUT2D eigenvalue weighted by Crippen LogP contribution is 2.34. The number of Topliss-reactive ketones (excluding diaryl/α,β-unsaturated/α-hetero) is 2. The van der Waals surface area contributed by atoms with Crippen molar-refractivity contribution in [3.05, 3.63) is 11.6 Å². The van der Waals surface area contributed by atoms with Crippen LogP contribution in [0.15, 0.2) is 11.6 Å². The van der Waals surface area contributed by atoms with Gasteiger partial charge in [0.15, 0.2) is 11.6 Å². The zero-order valence-corrected chi connectivity index (χ0v) is 10.1. The summed E-state index contributed by atoms with van der Waals surface area (Å²) >= 11 is 0. The van der Waals surface area contributed by atoms with Crippen LogP contribution < -0.4 is 0 Å². The zero-order valence-electron chi connectivity index (χ0n) is 10.1. The second kappa shape index (κ2) is 4.30. The first-order valence-electron chi connectivity index (χ1n) is 5.64. The van der Waals surface area contributed by atoms with Gasteiger partial charge in [0.25, 0.3) is 0 Å². The second-order valence-corrected chi connectivity index (χ2v) is 5.33. The van der Waals surface area contributed by atoms with Crippen LogP contribution in [0.1, 0.15) is 47.0 Å². The van der Waals surface area contributed by atoms with Gasteiger partial charge in [0.2, 0.25) is 0 Å². The molecule has 1 unspecified atom stereocenters. The predicted octanol–water partition coefficient (Wildman–Crippen LogP) is 2.92. The Labute approximate surface area is 91.7 Å². The van der Waals surface area contributed by atoms with E-state index in [0.29, 0.717) is 24.3 Å². The van der Waals surface area contributed by atoms with Gasteiger partial charge >= 0.3 is 0 Å². The molecule has 1 fully saturated rings. The van der Waals surface area contributed by atoms with E-state index in [0.717, 1.165) is 6.42 Å². The summed E-state index contributed by atoms with van der Waals surface area (Å²) in [6.45, 7) is 8.04. The quantitative estimate of drug-likeness (QED) is 0.516. The number of ketones is 2. The van der Waals surface area contributed by atoms with Crippen LogP contribution in [0.3, 0.4) is 0 Å². The van der Waals surface area contributed by atoms with Crippen molar-refractivity contribution in [2.24, 2.45) is 11.3 Å². The van der Waals surface area contributed by atoms with Gasteiger partial charge in [-0.2, -0.15) is 0 Å². The molecule has 15 heavy (non-hydrogen) atoms. The molecule has 0 aliphatic heterocycles. The fourth-order valence-corrected chi connectivity index (χ4v) is 1.87. The summed E-state index contributed by atoms with van der Waals surface area (Å²) < 4.78 is 0. The summed E-state index contributed by atoms with van der Waals surface area (Å²) in [5, 5.41) is 0. The summed E-state index contributed by atoms with van der Waals surface area (Å²) in [5.41, 5.74) is 0.296. The lowest BCUT2D eigenvalue weighted by Gasteiger charge is -2.28. The molecule has 0 bridgehead atoms. The standard InChI is InChI=1S/C13H20O2/c1-5-9(2)6-10-11(14)7-13(3,4)8-12(10)15/h6,9H,5,7-8H2,1-4H3. The van der Waals surface area contributed by atoms with Gasteiger partial charge in [0.1, 0.15) is 0 Å². The first-order valence-corrected chi connectivity index (χ1v) is 5.64. The van der Waals surface area contributed by atoms with Gasteiger partial charge in [0, 0.05) is 12.8 Å². The van der Waals surface area contributed by atoms with Gasteiger partial charge in [-0.15, -0.1) is 0 Å². The number of hydrogen-bond acceptors (Lipinski definition) is 2. The molecule has 2 heteroatoms. The lowest BCUT2D eigenvalue weighted by molar-refractivity contribution is -0.127. The maximum atomic E-state index is 11.8. The van der Waals surface area contributed by atoms with E-state index in [2.05, 4.69) is 6.92 Å². The van der Waals surface area contributed by atoms with Crippen molar-refractivity contribution in [1.29, 1.82) is 0 Å². The molecule has 0 aromatic heterocycles. The maximum absolute atomic E-state index is 11.8. The normalized spacial score (nSPS) is 22.8. The molecule has 1 aliphatic rings. The molecule has 0 amide bonds. The van der Waals surface area contributed by atoms with E-state index in [1.165, 1.54) is 0 Å². The molecule has 0 heterocycles. The van der Waals surface area contributed by atoms with Crippen molar-refractivity contribution in [3.8, 4) is 0 Å².